The number of ether oxygens (including phenoxy) is 1. The molecular formula is C20H17N3O5. The van der Waals surface area contributed by atoms with Crippen LogP contribution in [0, 0.1) is 0 Å². The van der Waals surface area contributed by atoms with E-state index in [1.165, 1.54) is 19.9 Å². The van der Waals surface area contributed by atoms with Gasteiger partial charge in [0.25, 0.3) is 11.5 Å². The molecule has 28 heavy (non-hydrogen) atoms. The van der Waals surface area contributed by atoms with E-state index in [2.05, 4.69) is 15.5 Å². The van der Waals surface area contributed by atoms with Crippen LogP contribution in [0.25, 0.3) is 10.8 Å². The highest BCUT2D eigenvalue weighted by atomic mass is 16.5. The lowest BCUT2D eigenvalue weighted by molar-refractivity contribution is -0.123. The summed E-state index contributed by atoms with van der Waals surface area (Å²) in [5, 5.41) is 9.22. The maximum Gasteiger partial charge on any atom is 0.360 e. The van der Waals surface area contributed by atoms with Crippen LogP contribution in [0.15, 0.2) is 53.3 Å². The number of nitrogens with one attached hydrogen (secondary N) is 2. The summed E-state index contributed by atoms with van der Waals surface area (Å²) in [7, 11) is 0. The number of esters is 1. The fourth-order valence-electron chi connectivity index (χ4n) is 2.60. The van der Waals surface area contributed by atoms with Crippen molar-refractivity contribution in [1.29, 1.82) is 0 Å². The lowest BCUT2D eigenvalue weighted by Gasteiger charge is -2.14. The third-order valence-electron chi connectivity index (χ3n) is 4.08. The van der Waals surface area contributed by atoms with Gasteiger partial charge in [-0.15, -0.1) is 0 Å². The first-order valence-electron chi connectivity index (χ1n) is 8.47. The van der Waals surface area contributed by atoms with Crippen LogP contribution in [0.3, 0.4) is 0 Å². The molecule has 1 atom stereocenters. The van der Waals surface area contributed by atoms with Gasteiger partial charge >= 0.3 is 5.97 Å². The largest absolute Gasteiger partial charge is 0.448 e. The van der Waals surface area contributed by atoms with Gasteiger partial charge in [0.05, 0.1) is 5.39 Å². The molecule has 0 saturated heterocycles. The summed E-state index contributed by atoms with van der Waals surface area (Å²) in [4.78, 5) is 48.0. The van der Waals surface area contributed by atoms with Crippen molar-refractivity contribution in [1.82, 2.24) is 10.2 Å². The summed E-state index contributed by atoms with van der Waals surface area (Å²) in [5.41, 5.74) is 0.344. The Labute approximate surface area is 159 Å². The van der Waals surface area contributed by atoms with Gasteiger partial charge in [-0.1, -0.05) is 30.3 Å². The number of fused-ring (bicyclic) bond motifs is 1. The van der Waals surface area contributed by atoms with Crippen LogP contribution in [0.4, 0.5) is 5.69 Å². The van der Waals surface area contributed by atoms with Crippen molar-refractivity contribution < 1.29 is 19.1 Å². The van der Waals surface area contributed by atoms with Gasteiger partial charge in [0, 0.05) is 16.6 Å². The van der Waals surface area contributed by atoms with Crippen molar-refractivity contribution >= 4 is 34.1 Å². The quantitative estimate of drug-likeness (QED) is 0.519. The Hall–Kier alpha value is -3.81. The zero-order chi connectivity index (χ0) is 20.3. The van der Waals surface area contributed by atoms with Crippen molar-refractivity contribution in [3.8, 4) is 0 Å². The zero-order valence-corrected chi connectivity index (χ0v) is 15.2. The summed E-state index contributed by atoms with van der Waals surface area (Å²) in [5.74, 6) is -1.54. The second-order valence-corrected chi connectivity index (χ2v) is 6.12. The van der Waals surface area contributed by atoms with Crippen molar-refractivity contribution in [3.05, 3.63) is 70.1 Å². The molecule has 2 N–H and O–H groups in total. The highest BCUT2D eigenvalue weighted by Crippen LogP contribution is 2.15. The molecule has 1 unspecified atom stereocenters. The Morgan fingerprint density at radius 3 is 2.50 bits per heavy atom. The van der Waals surface area contributed by atoms with Crippen LogP contribution in [-0.4, -0.2) is 34.0 Å². The first-order valence-corrected chi connectivity index (χ1v) is 8.47. The molecule has 3 aromatic rings. The van der Waals surface area contributed by atoms with Crippen LogP contribution in [0.1, 0.15) is 34.7 Å². The molecule has 1 heterocycles. The topological polar surface area (TPSA) is 118 Å². The average Bonchev–Trinajstić information content (AvgIpc) is 2.68. The van der Waals surface area contributed by atoms with Crippen molar-refractivity contribution in [2.45, 2.75) is 20.0 Å². The Kier molecular flexibility index (Phi) is 5.30. The fourth-order valence-corrected chi connectivity index (χ4v) is 2.60. The molecule has 0 radical (unpaired) electrons. The first-order chi connectivity index (χ1) is 13.4. The van der Waals surface area contributed by atoms with E-state index in [1.807, 2.05) is 0 Å². The molecule has 3 rings (SSSR count). The van der Waals surface area contributed by atoms with Gasteiger partial charge in [-0.05, 0) is 32.0 Å². The number of amides is 1. The van der Waals surface area contributed by atoms with E-state index in [0.717, 1.165) is 0 Å². The van der Waals surface area contributed by atoms with E-state index in [1.54, 1.807) is 42.5 Å². The Morgan fingerprint density at radius 2 is 1.79 bits per heavy atom. The number of hydrogen-bond acceptors (Lipinski definition) is 6. The minimum absolute atomic E-state index is 0.0894. The number of carbonyl (C=O) groups excluding carboxylic acids is 3. The Bertz CT molecular complexity index is 1140. The highest BCUT2D eigenvalue weighted by molar-refractivity contribution is 6.04. The number of carbonyl (C=O) groups is 3. The molecule has 1 aromatic heterocycles. The summed E-state index contributed by atoms with van der Waals surface area (Å²) in [6.07, 6.45) is -1.12. The molecule has 2 aromatic carbocycles. The number of rotatable bonds is 5. The van der Waals surface area contributed by atoms with Gasteiger partial charge in [-0.3, -0.25) is 14.4 Å². The highest BCUT2D eigenvalue weighted by Gasteiger charge is 2.22. The number of ketones is 1. The molecule has 0 aliphatic carbocycles. The summed E-state index contributed by atoms with van der Waals surface area (Å²) in [6, 6.07) is 12.9. The molecular weight excluding hydrogens is 362 g/mol. The average molecular weight is 379 g/mol. The van der Waals surface area contributed by atoms with E-state index in [9.17, 15) is 19.2 Å². The molecule has 8 nitrogen and oxygen atoms in total. The van der Waals surface area contributed by atoms with Crippen molar-refractivity contribution in [3.63, 3.8) is 0 Å². The number of hydrogen-bond donors (Lipinski definition) is 2. The van der Waals surface area contributed by atoms with E-state index in [4.69, 9.17) is 4.74 Å². The van der Waals surface area contributed by atoms with Gasteiger partial charge < -0.3 is 10.1 Å². The molecule has 0 aliphatic rings. The van der Waals surface area contributed by atoms with Crippen LogP contribution < -0.4 is 10.9 Å². The number of aromatic nitrogens is 2. The molecule has 0 spiro atoms. The summed E-state index contributed by atoms with van der Waals surface area (Å²) >= 11 is 0. The number of anilines is 1. The van der Waals surface area contributed by atoms with Gasteiger partial charge in [-0.25, -0.2) is 9.89 Å². The normalized spacial score (nSPS) is 11.6. The molecule has 0 bridgehead atoms. The summed E-state index contributed by atoms with van der Waals surface area (Å²) in [6.45, 7) is 2.84. The van der Waals surface area contributed by atoms with Gasteiger partial charge in [0.15, 0.2) is 17.6 Å². The van der Waals surface area contributed by atoms with Crippen LogP contribution in [0.5, 0.6) is 0 Å². The number of Topliss-reactive ketones (excluding diaryl/α,β-unsaturated/α-hetero) is 1. The molecule has 0 aliphatic heterocycles. The number of benzene rings is 2. The van der Waals surface area contributed by atoms with E-state index < -0.39 is 23.5 Å². The lowest BCUT2D eigenvalue weighted by Crippen LogP contribution is -2.30. The lowest BCUT2D eigenvalue weighted by atomic mass is 10.1. The van der Waals surface area contributed by atoms with Crippen LogP contribution in [0.2, 0.25) is 0 Å². The van der Waals surface area contributed by atoms with Gasteiger partial charge in [-0.2, -0.15) is 5.10 Å². The maximum atomic E-state index is 12.4. The van der Waals surface area contributed by atoms with E-state index in [0.29, 0.717) is 22.0 Å². The predicted octanol–water partition coefficient (Wildman–Crippen LogP) is 2.31. The second-order valence-electron chi connectivity index (χ2n) is 6.12. The standard InChI is InChI=1S/C20H17N3O5/c1-11(24)13-6-5-7-14(10-13)21-18(25)12(2)28-20(27)17-15-8-3-4-9-16(15)19(26)23-22-17/h3-10,12H,1-2H3,(H,21,25)(H,23,26). The van der Waals surface area contributed by atoms with Gasteiger partial charge in [0.1, 0.15) is 0 Å². The molecule has 0 fully saturated rings. The number of nitrogens with zero attached hydrogens (tertiary/aromatic N) is 1. The van der Waals surface area contributed by atoms with Crippen LogP contribution >= 0.6 is 0 Å². The molecule has 142 valence electrons. The monoisotopic (exact) mass is 379 g/mol. The Morgan fingerprint density at radius 1 is 1.07 bits per heavy atom. The van der Waals surface area contributed by atoms with E-state index in [-0.39, 0.29) is 11.5 Å². The number of aromatic amines is 1. The number of H-pyrrole nitrogens is 1. The minimum Gasteiger partial charge on any atom is -0.448 e. The van der Waals surface area contributed by atoms with Gasteiger partial charge in [0.2, 0.25) is 0 Å². The van der Waals surface area contributed by atoms with E-state index >= 15 is 0 Å². The Balaban J connectivity index is 1.75. The third-order valence-corrected chi connectivity index (χ3v) is 4.08. The van der Waals surface area contributed by atoms with Crippen LogP contribution in [-0.2, 0) is 9.53 Å². The first kappa shape index (κ1) is 19.0. The smallest absolute Gasteiger partial charge is 0.360 e. The van der Waals surface area contributed by atoms with Crippen molar-refractivity contribution in [2.24, 2.45) is 0 Å². The predicted molar refractivity (Wildman–Crippen MR) is 102 cm³/mol. The molecule has 1 amide bonds. The zero-order valence-electron chi connectivity index (χ0n) is 15.2. The molecule has 0 saturated carbocycles. The molecule has 8 heteroatoms. The maximum absolute atomic E-state index is 12.4. The third kappa shape index (κ3) is 3.96. The summed E-state index contributed by atoms with van der Waals surface area (Å²) < 4.78 is 5.19. The van der Waals surface area contributed by atoms with Crippen molar-refractivity contribution in [2.75, 3.05) is 5.32 Å². The minimum atomic E-state index is -1.12. The fraction of sp³-hybridized carbons (Fsp3) is 0.150. The SMILES string of the molecule is CC(=O)c1cccc(NC(=O)C(C)OC(=O)c2n[nH]c(=O)c3ccccc23)c1. The second kappa shape index (κ2) is 7.83.